The van der Waals surface area contributed by atoms with Crippen molar-refractivity contribution in [3.8, 4) is 5.75 Å². The molecule has 1 aliphatic rings. The van der Waals surface area contributed by atoms with Crippen LogP contribution in [0, 0.1) is 6.92 Å². The van der Waals surface area contributed by atoms with Crippen molar-refractivity contribution < 1.29 is 19.1 Å². The molecule has 0 unspecified atom stereocenters. The summed E-state index contributed by atoms with van der Waals surface area (Å²) in [6, 6.07) is 17.7. The maximum atomic E-state index is 12.8. The van der Waals surface area contributed by atoms with Crippen molar-refractivity contribution in [2.24, 2.45) is 0 Å². The van der Waals surface area contributed by atoms with Crippen LogP contribution in [0.3, 0.4) is 0 Å². The van der Waals surface area contributed by atoms with Gasteiger partial charge in [0.2, 0.25) is 5.91 Å². The van der Waals surface area contributed by atoms with Crippen LogP contribution < -0.4 is 10.1 Å². The van der Waals surface area contributed by atoms with Crippen LogP contribution in [-0.2, 0) is 16.2 Å². The molecule has 0 bridgehead atoms. The Morgan fingerprint density at radius 1 is 1.08 bits per heavy atom. The van der Waals surface area contributed by atoms with Gasteiger partial charge >= 0.3 is 0 Å². The number of benzene rings is 3. The molecule has 1 heterocycles. The first-order chi connectivity index (χ1) is 17.2. The van der Waals surface area contributed by atoms with E-state index in [1.165, 1.54) is 0 Å². The molecule has 6 nitrogen and oxygen atoms in total. The molecule has 1 fully saturated rings. The smallest absolute Gasteiger partial charge is 0.294 e. The van der Waals surface area contributed by atoms with E-state index in [1.807, 2.05) is 19.1 Å². The number of anilines is 1. The summed E-state index contributed by atoms with van der Waals surface area (Å²) in [6.07, 6.45) is 1.60. The van der Waals surface area contributed by atoms with Crippen LogP contribution >= 0.6 is 50.9 Å². The molecule has 0 saturated carbocycles. The first kappa shape index (κ1) is 26.3. The Morgan fingerprint density at radius 3 is 2.53 bits per heavy atom. The highest BCUT2D eigenvalue weighted by Gasteiger charge is 2.36. The summed E-state index contributed by atoms with van der Waals surface area (Å²) in [7, 11) is 0. The van der Waals surface area contributed by atoms with Gasteiger partial charge in [0.15, 0.2) is 0 Å². The van der Waals surface area contributed by atoms with E-state index >= 15 is 0 Å². The first-order valence-electron chi connectivity index (χ1n) is 10.7. The Kier molecular flexibility index (Phi) is 8.41. The molecule has 0 aromatic heterocycles. The summed E-state index contributed by atoms with van der Waals surface area (Å²) in [5, 5.41) is 3.26. The lowest BCUT2D eigenvalue weighted by Crippen LogP contribution is -2.36. The van der Waals surface area contributed by atoms with E-state index in [4.69, 9.17) is 27.9 Å². The lowest BCUT2D eigenvalue weighted by atomic mass is 10.2. The molecular weight excluding hydrogens is 587 g/mol. The van der Waals surface area contributed by atoms with Gasteiger partial charge in [-0.05, 0) is 82.7 Å². The van der Waals surface area contributed by atoms with Crippen LogP contribution in [0.2, 0.25) is 10.0 Å². The van der Waals surface area contributed by atoms with E-state index in [1.54, 1.807) is 54.6 Å². The standard InChI is InChI=1S/C26H19BrCl2N2O4S/c1-15-2-7-19(8-3-15)30-24(32)13-31-25(33)23(36-26(31)34)11-16-4-9-22(20(27)10-16)35-14-17-5-6-18(28)12-21(17)29/h2-12H,13-14H2,1H3,(H,30,32)/b23-11+. The lowest BCUT2D eigenvalue weighted by molar-refractivity contribution is -0.127. The van der Waals surface area contributed by atoms with Gasteiger partial charge in [-0.2, -0.15) is 0 Å². The molecule has 0 atom stereocenters. The second-order valence-electron chi connectivity index (χ2n) is 7.90. The molecule has 3 aromatic rings. The maximum Gasteiger partial charge on any atom is 0.294 e. The van der Waals surface area contributed by atoms with E-state index in [0.29, 0.717) is 31.5 Å². The van der Waals surface area contributed by atoms with Crippen LogP contribution in [0.4, 0.5) is 10.5 Å². The quantitative estimate of drug-likeness (QED) is 0.286. The third kappa shape index (κ3) is 6.50. The van der Waals surface area contributed by atoms with Gasteiger partial charge in [-0.3, -0.25) is 19.3 Å². The fourth-order valence-corrected chi connectivity index (χ4v) is 5.10. The molecule has 36 heavy (non-hydrogen) atoms. The van der Waals surface area contributed by atoms with Crippen molar-refractivity contribution in [1.29, 1.82) is 0 Å². The third-order valence-corrected chi connectivity index (χ3v) is 7.28. The minimum absolute atomic E-state index is 0.233. The average Bonchev–Trinajstić information content (AvgIpc) is 3.08. The Labute approximate surface area is 230 Å². The number of aryl methyl sites for hydroxylation is 1. The number of hydrogen-bond acceptors (Lipinski definition) is 5. The monoisotopic (exact) mass is 604 g/mol. The summed E-state index contributed by atoms with van der Waals surface area (Å²) in [5.41, 5.74) is 3.13. The molecule has 0 spiro atoms. The van der Waals surface area contributed by atoms with Crippen molar-refractivity contribution in [2.45, 2.75) is 13.5 Å². The van der Waals surface area contributed by atoms with Crippen LogP contribution in [0.15, 0.2) is 70.0 Å². The summed E-state index contributed by atoms with van der Waals surface area (Å²) in [6.45, 7) is 1.83. The van der Waals surface area contributed by atoms with Crippen molar-refractivity contribution >= 4 is 79.7 Å². The zero-order valence-electron chi connectivity index (χ0n) is 18.9. The molecule has 10 heteroatoms. The summed E-state index contributed by atoms with van der Waals surface area (Å²) >= 11 is 16.4. The van der Waals surface area contributed by atoms with Gasteiger partial charge in [-0.1, -0.05) is 53.0 Å². The molecule has 1 aliphatic heterocycles. The number of nitrogens with one attached hydrogen (secondary N) is 1. The van der Waals surface area contributed by atoms with Crippen molar-refractivity contribution in [3.05, 3.63) is 96.8 Å². The third-order valence-electron chi connectivity index (χ3n) is 5.16. The van der Waals surface area contributed by atoms with Gasteiger partial charge in [-0.25, -0.2) is 0 Å². The van der Waals surface area contributed by atoms with Gasteiger partial charge in [0, 0.05) is 21.3 Å². The highest BCUT2D eigenvalue weighted by Crippen LogP contribution is 2.34. The number of rotatable bonds is 7. The van der Waals surface area contributed by atoms with Gasteiger partial charge in [-0.15, -0.1) is 0 Å². The second-order valence-corrected chi connectivity index (χ2v) is 10.6. The fourth-order valence-electron chi connectivity index (χ4n) is 3.29. The molecule has 0 radical (unpaired) electrons. The largest absolute Gasteiger partial charge is 0.488 e. The number of ether oxygens (including phenoxy) is 1. The minimum Gasteiger partial charge on any atom is -0.488 e. The number of halogens is 3. The van der Waals surface area contributed by atoms with Gasteiger partial charge in [0.25, 0.3) is 11.1 Å². The first-order valence-corrected chi connectivity index (χ1v) is 13.0. The summed E-state index contributed by atoms with van der Waals surface area (Å²) in [4.78, 5) is 38.7. The number of carbonyl (C=O) groups excluding carboxylic acids is 3. The van der Waals surface area contributed by atoms with Crippen molar-refractivity contribution in [2.75, 3.05) is 11.9 Å². The highest BCUT2D eigenvalue weighted by atomic mass is 79.9. The Hall–Kier alpha value is -2.78. The number of hydrogen-bond donors (Lipinski definition) is 1. The molecule has 3 amide bonds. The van der Waals surface area contributed by atoms with Crippen LogP contribution in [-0.4, -0.2) is 28.5 Å². The lowest BCUT2D eigenvalue weighted by Gasteiger charge is -2.12. The summed E-state index contributed by atoms with van der Waals surface area (Å²) in [5.74, 6) is -0.385. The fraction of sp³-hybridized carbons (Fsp3) is 0.115. The maximum absolute atomic E-state index is 12.8. The predicted octanol–water partition coefficient (Wildman–Crippen LogP) is 7.32. The van der Waals surface area contributed by atoms with Crippen LogP contribution in [0.25, 0.3) is 6.08 Å². The van der Waals surface area contributed by atoms with Crippen LogP contribution in [0.1, 0.15) is 16.7 Å². The van der Waals surface area contributed by atoms with Gasteiger partial charge < -0.3 is 10.1 Å². The normalized spacial score (nSPS) is 14.4. The van der Waals surface area contributed by atoms with E-state index in [2.05, 4.69) is 21.2 Å². The van der Waals surface area contributed by atoms with E-state index in [-0.39, 0.29) is 18.1 Å². The van der Waals surface area contributed by atoms with Gasteiger partial charge in [0.1, 0.15) is 18.9 Å². The Morgan fingerprint density at radius 2 is 1.83 bits per heavy atom. The number of nitrogens with zero attached hydrogens (tertiary/aromatic N) is 1. The number of carbonyl (C=O) groups is 3. The molecule has 1 N–H and O–H groups in total. The zero-order valence-corrected chi connectivity index (χ0v) is 22.8. The Bertz CT molecular complexity index is 1380. The van der Waals surface area contributed by atoms with E-state index in [0.717, 1.165) is 27.8 Å². The summed E-state index contributed by atoms with van der Waals surface area (Å²) < 4.78 is 6.51. The van der Waals surface area contributed by atoms with Crippen molar-refractivity contribution in [1.82, 2.24) is 4.90 Å². The molecular formula is C26H19BrCl2N2O4S. The minimum atomic E-state index is -0.516. The number of amides is 3. The second kappa shape index (κ2) is 11.5. The van der Waals surface area contributed by atoms with Gasteiger partial charge in [0.05, 0.1) is 9.38 Å². The molecule has 4 rings (SSSR count). The van der Waals surface area contributed by atoms with E-state index in [9.17, 15) is 14.4 Å². The van der Waals surface area contributed by atoms with Crippen LogP contribution in [0.5, 0.6) is 5.75 Å². The topological polar surface area (TPSA) is 75.7 Å². The molecule has 3 aromatic carbocycles. The van der Waals surface area contributed by atoms with E-state index < -0.39 is 17.1 Å². The Balaban J connectivity index is 1.40. The average molecular weight is 606 g/mol. The molecule has 1 saturated heterocycles. The highest BCUT2D eigenvalue weighted by molar-refractivity contribution is 9.10. The molecule has 184 valence electrons. The number of thioether (sulfide) groups is 1. The number of imide groups is 1. The van der Waals surface area contributed by atoms with Crippen molar-refractivity contribution in [3.63, 3.8) is 0 Å². The predicted molar refractivity (Wildman–Crippen MR) is 147 cm³/mol. The zero-order chi connectivity index (χ0) is 25.8. The SMILES string of the molecule is Cc1ccc(NC(=O)CN2C(=O)S/C(=C/c3ccc(OCc4ccc(Cl)cc4Cl)c(Br)c3)C2=O)cc1. The molecule has 0 aliphatic carbocycles.